The van der Waals surface area contributed by atoms with Gasteiger partial charge in [0.25, 0.3) is 0 Å². The Morgan fingerprint density at radius 2 is 2.03 bits per heavy atom. The molecule has 1 atom stereocenters. The van der Waals surface area contributed by atoms with Crippen molar-refractivity contribution in [3.63, 3.8) is 0 Å². The number of aromatic nitrogens is 2. The van der Waals surface area contributed by atoms with Crippen LogP contribution in [0.15, 0.2) is 63.2 Å². The molecule has 3 aromatic rings. The van der Waals surface area contributed by atoms with E-state index in [9.17, 15) is 4.79 Å². The first-order chi connectivity index (χ1) is 14.2. The third-order valence-electron chi connectivity index (χ3n) is 4.75. The van der Waals surface area contributed by atoms with Crippen molar-refractivity contribution in [2.75, 3.05) is 11.9 Å². The summed E-state index contributed by atoms with van der Waals surface area (Å²) in [7, 11) is 0. The number of carbonyl (C=O) groups is 1. The monoisotopic (exact) mass is 451 g/mol. The van der Waals surface area contributed by atoms with Gasteiger partial charge in [-0.15, -0.1) is 0 Å². The highest BCUT2D eigenvalue weighted by atomic mass is 79.9. The van der Waals surface area contributed by atoms with Gasteiger partial charge in [0.2, 0.25) is 5.78 Å². The molecule has 2 aromatic heterocycles. The third kappa shape index (κ3) is 4.01. The summed E-state index contributed by atoms with van der Waals surface area (Å²) in [5.74, 6) is 1.06. The van der Waals surface area contributed by atoms with Crippen LogP contribution in [0.2, 0.25) is 0 Å². The predicted octanol–water partition coefficient (Wildman–Crippen LogP) is 5.00. The van der Waals surface area contributed by atoms with E-state index in [1.165, 1.54) is 0 Å². The summed E-state index contributed by atoms with van der Waals surface area (Å²) in [6.07, 6.45) is 3.86. The largest absolute Gasteiger partial charge is 0.323 e. The highest BCUT2D eigenvalue weighted by Crippen LogP contribution is 2.26. The summed E-state index contributed by atoms with van der Waals surface area (Å²) in [6, 6.07) is 12.9. The van der Waals surface area contributed by atoms with Crippen LogP contribution in [0.5, 0.6) is 0 Å². The van der Waals surface area contributed by atoms with Crippen molar-refractivity contribution in [1.82, 2.24) is 9.38 Å². The number of unbranched alkanes of at least 4 members (excludes halogenated alkanes) is 1. The molecule has 3 heterocycles. The number of Topliss-reactive ketones (excluding diaryl/α,β-unsaturated/α-hetero) is 1. The molecule has 146 valence electrons. The van der Waals surface area contributed by atoms with Crippen LogP contribution in [-0.4, -0.2) is 33.6 Å². The molecule has 0 bridgehead atoms. The molecular weight excluding hydrogens is 434 g/mol. The number of azide groups is 1. The molecule has 0 saturated carbocycles. The first-order valence-electron chi connectivity index (χ1n) is 9.30. The Balaban J connectivity index is 1.72. The number of ketones is 1. The van der Waals surface area contributed by atoms with E-state index in [2.05, 4.69) is 36.3 Å². The number of aliphatic imine (C=N–C) groups is 1. The number of nitrogens with one attached hydrogen (secondary N) is 1. The number of carbonyl (C=O) groups excluding carboxylic acids is 1. The zero-order chi connectivity index (χ0) is 20.2. The van der Waals surface area contributed by atoms with E-state index < -0.39 is 6.04 Å². The average Bonchev–Trinajstić information content (AvgIpc) is 3.03. The molecule has 9 heteroatoms. The lowest BCUT2D eigenvalue weighted by Crippen LogP contribution is -2.21. The van der Waals surface area contributed by atoms with Crippen LogP contribution >= 0.6 is 15.9 Å². The topological polar surface area (TPSA) is 108 Å². The maximum atomic E-state index is 13.4. The summed E-state index contributed by atoms with van der Waals surface area (Å²) in [5, 5.41) is 6.83. The molecule has 4 rings (SSSR count). The fourth-order valence-electron chi connectivity index (χ4n) is 3.35. The van der Waals surface area contributed by atoms with Gasteiger partial charge in [-0.3, -0.25) is 14.2 Å². The number of amidine groups is 1. The lowest BCUT2D eigenvalue weighted by atomic mass is 10.0. The van der Waals surface area contributed by atoms with Crippen molar-refractivity contribution >= 4 is 39.0 Å². The molecule has 0 aliphatic carbocycles. The number of halogens is 1. The van der Waals surface area contributed by atoms with E-state index in [0.29, 0.717) is 42.4 Å². The lowest BCUT2D eigenvalue weighted by Gasteiger charge is -2.11. The molecule has 1 aromatic carbocycles. The Labute approximate surface area is 175 Å². The number of hydrogen-bond acceptors (Lipinski definition) is 5. The molecule has 0 saturated heterocycles. The van der Waals surface area contributed by atoms with Crippen LogP contribution < -0.4 is 5.32 Å². The summed E-state index contributed by atoms with van der Waals surface area (Å²) in [6.45, 7) is 0.416. The van der Waals surface area contributed by atoms with Crippen LogP contribution in [0, 0.1) is 0 Å². The van der Waals surface area contributed by atoms with Gasteiger partial charge >= 0.3 is 0 Å². The van der Waals surface area contributed by atoms with Gasteiger partial charge in [0.15, 0.2) is 5.82 Å². The molecule has 1 aliphatic rings. The second-order valence-electron chi connectivity index (χ2n) is 6.68. The Morgan fingerprint density at radius 3 is 2.83 bits per heavy atom. The number of rotatable bonds is 6. The van der Waals surface area contributed by atoms with E-state index in [1.807, 2.05) is 48.7 Å². The van der Waals surface area contributed by atoms with Crippen molar-refractivity contribution in [2.24, 2.45) is 10.1 Å². The number of imidazole rings is 1. The first-order valence-corrected chi connectivity index (χ1v) is 10.1. The Hall–Kier alpha value is -3.16. The van der Waals surface area contributed by atoms with Gasteiger partial charge in [-0.2, -0.15) is 0 Å². The standard InChI is InChI=1S/C20H18BrN7O/c21-14-9-7-13(8-10-14)19-24-15(5-1-3-11-23-27-22)18(29)17-20(26-19)25-16-6-2-4-12-28(16)17/h2,4,6-10,12,15H,1,3,5,11H2,(H,24,26)/t15-/m1/s1. The predicted molar refractivity (Wildman–Crippen MR) is 115 cm³/mol. The zero-order valence-electron chi connectivity index (χ0n) is 15.5. The summed E-state index contributed by atoms with van der Waals surface area (Å²) < 4.78 is 2.77. The minimum Gasteiger partial charge on any atom is -0.323 e. The van der Waals surface area contributed by atoms with E-state index in [0.717, 1.165) is 16.5 Å². The minimum absolute atomic E-state index is 0.0675. The van der Waals surface area contributed by atoms with Crippen molar-refractivity contribution in [1.29, 1.82) is 0 Å². The molecule has 29 heavy (non-hydrogen) atoms. The molecule has 0 spiro atoms. The van der Waals surface area contributed by atoms with Gasteiger partial charge in [-0.05, 0) is 42.6 Å². The lowest BCUT2D eigenvalue weighted by molar-refractivity contribution is 0.0953. The summed E-state index contributed by atoms with van der Waals surface area (Å²) >= 11 is 3.45. The normalized spacial score (nSPS) is 15.8. The smallest absolute Gasteiger partial charge is 0.207 e. The van der Waals surface area contributed by atoms with Crippen LogP contribution in [-0.2, 0) is 0 Å². The molecule has 0 unspecified atom stereocenters. The third-order valence-corrected chi connectivity index (χ3v) is 5.28. The van der Waals surface area contributed by atoms with E-state index >= 15 is 0 Å². The molecule has 1 N–H and O–H groups in total. The molecule has 1 aliphatic heterocycles. The highest BCUT2D eigenvalue weighted by molar-refractivity contribution is 9.10. The molecule has 0 radical (unpaired) electrons. The van der Waals surface area contributed by atoms with Gasteiger partial charge in [0.05, 0.1) is 0 Å². The zero-order valence-corrected chi connectivity index (χ0v) is 17.1. The Morgan fingerprint density at radius 1 is 1.21 bits per heavy atom. The number of anilines is 1. The van der Waals surface area contributed by atoms with Crippen LogP contribution in [0.1, 0.15) is 35.3 Å². The quantitative estimate of drug-likeness (QED) is 0.246. The average molecular weight is 452 g/mol. The number of pyridine rings is 1. The van der Waals surface area contributed by atoms with Gasteiger partial charge in [0, 0.05) is 27.7 Å². The van der Waals surface area contributed by atoms with Crippen LogP contribution in [0.3, 0.4) is 0 Å². The van der Waals surface area contributed by atoms with Gasteiger partial charge in [-0.1, -0.05) is 45.7 Å². The molecule has 0 amide bonds. The fourth-order valence-corrected chi connectivity index (χ4v) is 3.61. The van der Waals surface area contributed by atoms with Crippen molar-refractivity contribution in [2.45, 2.75) is 25.3 Å². The van der Waals surface area contributed by atoms with Crippen LogP contribution in [0.4, 0.5) is 5.82 Å². The molecule has 0 fully saturated rings. The number of fused-ring (bicyclic) bond motifs is 3. The summed E-state index contributed by atoms with van der Waals surface area (Å²) in [5.41, 5.74) is 10.5. The Kier molecular flexibility index (Phi) is 5.59. The highest BCUT2D eigenvalue weighted by Gasteiger charge is 2.30. The minimum atomic E-state index is -0.534. The SMILES string of the molecule is [N-]=[N+]=NCCCC[C@H]1N=C(c2ccc(Br)cc2)Nc2nc3ccccn3c2C1=O. The first kappa shape index (κ1) is 19.2. The maximum Gasteiger partial charge on any atom is 0.207 e. The van der Waals surface area contributed by atoms with Gasteiger partial charge in [0.1, 0.15) is 23.2 Å². The van der Waals surface area contributed by atoms with Crippen molar-refractivity contribution in [3.05, 3.63) is 74.8 Å². The number of benzene rings is 1. The molecule has 8 nitrogen and oxygen atoms in total. The van der Waals surface area contributed by atoms with Crippen molar-refractivity contribution < 1.29 is 4.79 Å². The number of nitrogens with zero attached hydrogens (tertiary/aromatic N) is 6. The van der Waals surface area contributed by atoms with E-state index in [1.54, 1.807) is 4.40 Å². The second kappa shape index (κ2) is 8.46. The fraction of sp³-hybridized carbons (Fsp3) is 0.250. The van der Waals surface area contributed by atoms with Gasteiger partial charge in [-0.25, -0.2) is 4.98 Å². The maximum absolute atomic E-state index is 13.4. The summed E-state index contributed by atoms with van der Waals surface area (Å²) in [4.78, 5) is 25.5. The number of hydrogen-bond donors (Lipinski definition) is 1. The van der Waals surface area contributed by atoms with Crippen LogP contribution in [0.25, 0.3) is 16.1 Å². The van der Waals surface area contributed by atoms with Gasteiger partial charge < -0.3 is 5.32 Å². The van der Waals surface area contributed by atoms with E-state index in [-0.39, 0.29) is 5.78 Å². The Bertz CT molecular complexity index is 1130. The van der Waals surface area contributed by atoms with Crippen molar-refractivity contribution in [3.8, 4) is 0 Å². The van der Waals surface area contributed by atoms with E-state index in [4.69, 9.17) is 10.5 Å². The molecular formula is C20H18BrN7O. The second-order valence-corrected chi connectivity index (χ2v) is 7.59.